The van der Waals surface area contributed by atoms with Crippen molar-refractivity contribution in [3.63, 3.8) is 0 Å². The third-order valence-electron chi connectivity index (χ3n) is 8.48. The van der Waals surface area contributed by atoms with Crippen LogP contribution in [0.2, 0.25) is 0 Å². The van der Waals surface area contributed by atoms with Crippen LogP contribution in [-0.4, -0.2) is 32.9 Å². The Hall–Kier alpha value is -3.45. The van der Waals surface area contributed by atoms with E-state index in [1.54, 1.807) is 0 Å². The number of nitrogens with two attached hydrogens (primary N) is 1. The Kier molecular flexibility index (Phi) is 12.8. The van der Waals surface area contributed by atoms with Crippen LogP contribution in [0.3, 0.4) is 0 Å². The Bertz CT molecular complexity index is 1480. The predicted octanol–water partition coefficient (Wildman–Crippen LogP) is 9.03. The van der Waals surface area contributed by atoms with Gasteiger partial charge in [0, 0.05) is 39.8 Å². The maximum Gasteiger partial charge on any atom is 0.255 e. The maximum atomic E-state index is 14.0. The minimum atomic E-state index is -0.0244. The normalized spacial score (nSPS) is 15.5. The second kappa shape index (κ2) is 16.0. The Morgan fingerprint density at radius 3 is 2.25 bits per heavy atom. The number of rotatable bonds is 8. The number of nitrogens with zero attached hydrogens (tertiary/aromatic N) is 3. The minimum absolute atomic E-state index is 0.00903. The molecule has 1 unspecified atom stereocenters. The van der Waals surface area contributed by atoms with Crippen LogP contribution in [-0.2, 0) is 17.6 Å². The summed E-state index contributed by atoms with van der Waals surface area (Å²) in [5.41, 5.74) is 15.0. The highest BCUT2D eigenvalue weighted by Gasteiger charge is 2.36. The van der Waals surface area contributed by atoms with Crippen LogP contribution in [0.15, 0.2) is 60.1 Å². The molecule has 44 heavy (non-hydrogen) atoms. The fourth-order valence-corrected chi connectivity index (χ4v) is 6.37. The summed E-state index contributed by atoms with van der Waals surface area (Å²) in [4.78, 5) is 25.8. The number of hydrogen-bond donors (Lipinski definition) is 1. The molecule has 236 valence electrons. The van der Waals surface area contributed by atoms with Crippen molar-refractivity contribution in [3.8, 4) is 5.69 Å². The molecular formula is C37H49BrN4O2. The van der Waals surface area contributed by atoms with Crippen molar-refractivity contribution >= 4 is 33.3 Å². The number of carbonyl (C=O) groups is 2. The molecule has 1 aliphatic heterocycles. The molecule has 1 saturated carbocycles. The van der Waals surface area contributed by atoms with E-state index in [4.69, 9.17) is 10.8 Å². The van der Waals surface area contributed by atoms with Gasteiger partial charge in [-0.05, 0) is 86.9 Å². The third-order valence-corrected chi connectivity index (χ3v) is 9.34. The fourth-order valence-electron chi connectivity index (χ4n) is 6.04. The summed E-state index contributed by atoms with van der Waals surface area (Å²) in [5.74, 6) is 0.747. The van der Waals surface area contributed by atoms with Gasteiger partial charge in [0.25, 0.3) is 5.91 Å². The molecule has 1 fully saturated rings. The first-order valence-electron chi connectivity index (χ1n) is 16.0. The summed E-state index contributed by atoms with van der Waals surface area (Å²) in [5, 5.41) is 5.14. The monoisotopic (exact) mass is 660 g/mol. The average molecular weight is 662 g/mol. The van der Waals surface area contributed by atoms with E-state index in [1.807, 2.05) is 37.8 Å². The maximum absolute atomic E-state index is 14.0. The number of allylic oxidation sites excluding steroid dienone is 1. The van der Waals surface area contributed by atoms with Gasteiger partial charge in [0.1, 0.15) is 0 Å². The summed E-state index contributed by atoms with van der Waals surface area (Å²) < 4.78 is 3.07. The van der Waals surface area contributed by atoms with E-state index in [9.17, 15) is 9.59 Å². The van der Waals surface area contributed by atoms with Crippen molar-refractivity contribution in [2.45, 2.75) is 98.4 Å². The average Bonchev–Trinajstić information content (AvgIpc) is 3.36. The molecule has 6 nitrogen and oxygen atoms in total. The molecule has 1 aliphatic carbocycles. The molecule has 2 N–H and O–H groups in total. The first-order chi connectivity index (χ1) is 21.1. The molecule has 1 aromatic heterocycles. The van der Waals surface area contributed by atoms with Crippen LogP contribution in [0.25, 0.3) is 11.4 Å². The van der Waals surface area contributed by atoms with E-state index >= 15 is 0 Å². The highest BCUT2D eigenvalue weighted by atomic mass is 79.9. The zero-order valence-corrected chi connectivity index (χ0v) is 29.0. The lowest BCUT2D eigenvalue weighted by Crippen LogP contribution is -2.41. The van der Waals surface area contributed by atoms with Gasteiger partial charge in [0.2, 0.25) is 0 Å². The Morgan fingerprint density at radius 2 is 1.75 bits per heavy atom. The topological polar surface area (TPSA) is 81.2 Å². The quantitative estimate of drug-likeness (QED) is 0.244. The lowest BCUT2D eigenvalue weighted by atomic mass is 9.80. The number of halogens is 1. The van der Waals surface area contributed by atoms with Gasteiger partial charge in [0.15, 0.2) is 5.78 Å². The standard InChI is InChI=1S/C31H37BrN4O.C4H6O.C2H6/c1-5-8-26-30-27(6-2)35(31(37)24-15-16-25(32)19(3)29(24)20(4)33)18-17-28(30)36(34-26)23-13-11-22(12-14-23)21-9-7-10-21;1-3-4(2)5;1-2/h11-16,21,27H,4-10,17-18,33H2,1-3H3;3H,1H2,2H3;1-2H3. The molecule has 0 saturated heterocycles. The molecule has 1 atom stereocenters. The SMILES string of the molecule is C=C(N)c1c(C(=O)N2CCc3c(c(CCC)nn3-c3ccc(C4CCC4)cc3)C2CC)ccc(Br)c1C.C=CC(C)=O.CC. The van der Waals surface area contributed by atoms with Crippen molar-refractivity contribution < 1.29 is 9.59 Å². The van der Waals surface area contributed by atoms with Gasteiger partial charge in [-0.3, -0.25) is 9.59 Å². The highest BCUT2D eigenvalue weighted by Crippen LogP contribution is 2.40. The number of aromatic nitrogens is 2. The summed E-state index contributed by atoms with van der Waals surface area (Å²) in [6, 6.07) is 12.8. The van der Waals surface area contributed by atoms with Gasteiger partial charge >= 0.3 is 0 Å². The largest absolute Gasteiger partial charge is 0.399 e. The molecular weight excluding hydrogens is 612 g/mol. The van der Waals surface area contributed by atoms with E-state index in [0.29, 0.717) is 17.8 Å². The molecule has 0 radical (unpaired) electrons. The third kappa shape index (κ3) is 7.43. The van der Waals surface area contributed by atoms with Crippen molar-refractivity contribution in [2.24, 2.45) is 5.73 Å². The smallest absolute Gasteiger partial charge is 0.255 e. The predicted molar refractivity (Wildman–Crippen MR) is 186 cm³/mol. The van der Waals surface area contributed by atoms with Gasteiger partial charge in [0.05, 0.1) is 23.1 Å². The molecule has 2 aliphatic rings. The van der Waals surface area contributed by atoms with E-state index in [-0.39, 0.29) is 17.7 Å². The van der Waals surface area contributed by atoms with Crippen LogP contribution >= 0.6 is 15.9 Å². The van der Waals surface area contributed by atoms with Gasteiger partial charge in [-0.2, -0.15) is 5.10 Å². The van der Waals surface area contributed by atoms with Crippen molar-refractivity contribution in [3.05, 3.63) is 99.3 Å². The Labute approximate surface area is 272 Å². The molecule has 2 heterocycles. The molecule has 3 aromatic rings. The molecule has 1 amide bonds. The van der Waals surface area contributed by atoms with Crippen LogP contribution < -0.4 is 5.73 Å². The van der Waals surface area contributed by atoms with Crippen molar-refractivity contribution in [1.29, 1.82) is 0 Å². The number of hydrogen-bond acceptors (Lipinski definition) is 4. The zero-order chi connectivity index (χ0) is 32.6. The lowest BCUT2D eigenvalue weighted by molar-refractivity contribution is -0.112. The van der Waals surface area contributed by atoms with E-state index in [0.717, 1.165) is 58.6 Å². The number of ketones is 1. The summed E-state index contributed by atoms with van der Waals surface area (Å²) >= 11 is 3.58. The molecule has 5 rings (SSSR count). The second-order valence-electron chi connectivity index (χ2n) is 11.3. The molecule has 2 aromatic carbocycles. The van der Waals surface area contributed by atoms with Crippen LogP contribution in [0.5, 0.6) is 0 Å². The number of carbonyl (C=O) groups excluding carboxylic acids is 2. The van der Waals surface area contributed by atoms with Crippen molar-refractivity contribution in [2.75, 3.05) is 6.54 Å². The first kappa shape index (κ1) is 35.0. The number of amides is 1. The van der Waals surface area contributed by atoms with E-state index in [2.05, 4.69) is 71.9 Å². The number of fused-ring (bicyclic) bond motifs is 1. The van der Waals surface area contributed by atoms with Gasteiger partial charge in [-0.1, -0.05) is 81.8 Å². The molecule has 7 heteroatoms. The fraction of sp³-hybridized carbons (Fsp3) is 0.432. The second-order valence-corrected chi connectivity index (χ2v) is 12.2. The zero-order valence-electron chi connectivity index (χ0n) is 27.4. The number of benzene rings is 2. The first-order valence-corrected chi connectivity index (χ1v) is 16.8. The van der Waals surface area contributed by atoms with Gasteiger partial charge in [-0.25, -0.2) is 4.68 Å². The lowest BCUT2D eigenvalue weighted by Gasteiger charge is -2.36. The van der Waals surface area contributed by atoms with Crippen LogP contribution in [0.4, 0.5) is 0 Å². The summed E-state index contributed by atoms with van der Waals surface area (Å²) in [6.45, 7) is 19.6. The highest BCUT2D eigenvalue weighted by molar-refractivity contribution is 9.10. The van der Waals surface area contributed by atoms with Crippen LogP contribution in [0, 0.1) is 6.92 Å². The number of aryl methyl sites for hydroxylation is 1. The minimum Gasteiger partial charge on any atom is -0.399 e. The summed E-state index contributed by atoms with van der Waals surface area (Å²) in [7, 11) is 0. The van der Waals surface area contributed by atoms with E-state index < -0.39 is 0 Å². The summed E-state index contributed by atoms with van der Waals surface area (Å²) in [6.07, 6.45) is 8.73. The molecule has 0 spiro atoms. The van der Waals surface area contributed by atoms with Gasteiger partial charge < -0.3 is 10.6 Å². The van der Waals surface area contributed by atoms with Gasteiger partial charge in [-0.15, -0.1) is 0 Å². The Morgan fingerprint density at radius 1 is 1.11 bits per heavy atom. The molecule has 0 bridgehead atoms. The van der Waals surface area contributed by atoms with Crippen molar-refractivity contribution in [1.82, 2.24) is 14.7 Å². The Balaban J connectivity index is 0.000000688. The van der Waals surface area contributed by atoms with Crippen LogP contribution in [0.1, 0.15) is 123 Å². The van der Waals surface area contributed by atoms with E-state index in [1.165, 1.54) is 49.1 Å².